The highest BCUT2D eigenvalue weighted by atomic mass is 16.6. The fraction of sp³-hybridized carbons (Fsp3) is 0.481. The molecule has 1 heterocycles. The summed E-state index contributed by atoms with van der Waals surface area (Å²) in [6, 6.07) is 11.0. The summed E-state index contributed by atoms with van der Waals surface area (Å²) >= 11 is 0. The minimum absolute atomic E-state index is 0.0653. The maximum atomic E-state index is 12.9. The maximum absolute atomic E-state index is 12.9. The van der Waals surface area contributed by atoms with Gasteiger partial charge in [-0.2, -0.15) is 0 Å². The van der Waals surface area contributed by atoms with Crippen molar-refractivity contribution in [1.82, 2.24) is 4.90 Å². The topological polar surface area (TPSA) is 74.3 Å². The Morgan fingerprint density at radius 2 is 1.82 bits per heavy atom. The fourth-order valence-corrected chi connectivity index (χ4v) is 4.27. The number of benzene rings is 2. The summed E-state index contributed by atoms with van der Waals surface area (Å²) < 4.78 is 22.0. The van der Waals surface area contributed by atoms with Gasteiger partial charge in [-0.1, -0.05) is 19.9 Å². The largest absolute Gasteiger partial charge is 0.496 e. The highest BCUT2D eigenvalue weighted by molar-refractivity contribution is 5.89. The molecular formula is C27H35NO6. The second-order valence-corrected chi connectivity index (χ2v) is 9.78. The Morgan fingerprint density at radius 1 is 1.09 bits per heavy atom. The van der Waals surface area contributed by atoms with Gasteiger partial charge in [-0.3, -0.25) is 0 Å². The van der Waals surface area contributed by atoms with E-state index in [4.69, 9.17) is 18.9 Å². The van der Waals surface area contributed by atoms with Crippen molar-refractivity contribution in [2.45, 2.75) is 59.3 Å². The van der Waals surface area contributed by atoms with Gasteiger partial charge >= 0.3 is 12.1 Å². The van der Waals surface area contributed by atoms with Gasteiger partial charge in [0.15, 0.2) is 0 Å². The summed E-state index contributed by atoms with van der Waals surface area (Å²) in [5, 5.41) is 0. The number of nitrogens with zero attached hydrogens (tertiary/aromatic N) is 1. The molecule has 0 aliphatic carbocycles. The van der Waals surface area contributed by atoms with Gasteiger partial charge < -0.3 is 23.8 Å². The number of hydrogen-bond donors (Lipinski definition) is 0. The molecule has 1 amide bonds. The highest BCUT2D eigenvalue weighted by Crippen LogP contribution is 2.38. The predicted molar refractivity (Wildman–Crippen MR) is 129 cm³/mol. The Morgan fingerprint density at radius 3 is 2.44 bits per heavy atom. The lowest BCUT2D eigenvalue weighted by Crippen LogP contribution is -2.44. The van der Waals surface area contributed by atoms with Crippen molar-refractivity contribution in [3.63, 3.8) is 0 Å². The lowest BCUT2D eigenvalue weighted by atomic mass is 9.86. The zero-order valence-electron chi connectivity index (χ0n) is 21.1. The van der Waals surface area contributed by atoms with Crippen molar-refractivity contribution < 1.29 is 28.5 Å². The normalized spacial score (nSPS) is 15.5. The van der Waals surface area contributed by atoms with E-state index < -0.39 is 11.6 Å². The van der Waals surface area contributed by atoms with Crippen LogP contribution >= 0.6 is 0 Å². The molecule has 1 unspecified atom stereocenters. The number of carbonyl (C=O) groups is 2. The third kappa shape index (κ3) is 5.82. The molecule has 184 valence electrons. The van der Waals surface area contributed by atoms with Crippen LogP contribution in [0.1, 0.15) is 67.7 Å². The van der Waals surface area contributed by atoms with Gasteiger partial charge in [0.25, 0.3) is 0 Å². The van der Waals surface area contributed by atoms with E-state index in [9.17, 15) is 9.59 Å². The molecule has 1 aliphatic heterocycles. The average molecular weight is 470 g/mol. The summed E-state index contributed by atoms with van der Waals surface area (Å²) in [4.78, 5) is 26.6. The monoisotopic (exact) mass is 469 g/mol. The number of fused-ring (bicyclic) bond motifs is 1. The predicted octanol–water partition coefficient (Wildman–Crippen LogP) is 5.55. The fourth-order valence-electron chi connectivity index (χ4n) is 4.27. The van der Waals surface area contributed by atoms with Gasteiger partial charge in [0.2, 0.25) is 0 Å². The van der Waals surface area contributed by atoms with Gasteiger partial charge in [0.1, 0.15) is 23.7 Å². The first-order valence-corrected chi connectivity index (χ1v) is 11.5. The van der Waals surface area contributed by atoms with Crippen molar-refractivity contribution in [1.29, 1.82) is 0 Å². The molecule has 34 heavy (non-hydrogen) atoms. The quantitative estimate of drug-likeness (QED) is 0.517. The number of hydrogen-bond acceptors (Lipinski definition) is 6. The molecule has 0 fully saturated rings. The van der Waals surface area contributed by atoms with E-state index in [0.29, 0.717) is 17.9 Å². The van der Waals surface area contributed by atoms with E-state index in [0.717, 1.165) is 28.9 Å². The molecule has 2 aromatic rings. The molecule has 1 atom stereocenters. The maximum Gasteiger partial charge on any atom is 0.410 e. The van der Waals surface area contributed by atoms with Crippen molar-refractivity contribution in [3.8, 4) is 11.5 Å². The summed E-state index contributed by atoms with van der Waals surface area (Å²) in [6.07, 6.45) is 0.436. The molecule has 2 aromatic carbocycles. The molecule has 0 saturated heterocycles. The summed E-state index contributed by atoms with van der Waals surface area (Å²) in [5.41, 5.74) is 2.92. The first-order valence-electron chi connectivity index (χ1n) is 11.5. The first kappa shape index (κ1) is 25.4. The minimum atomic E-state index is -0.539. The average Bonchev–Trinajstić information content (AvgIpc) is 2.79. The SMILES string of the molecule is COC(=O)c1ccc(OC)c(COc2ccc3c(c2)CCN(C(=O)OC(C)(C)C)C3C(C)C)c1. The molecule has 0 saturated carbocycles. The van der Waals surface area contributed by atoms with Crippen LogP contribution in [0.4, 0.5) is 4.79 Å². The van der Waals surface area contributed by atoms with Crippen molar-refractivity contribution in [2.75, 3.05) is 20.8 Å². The van der Waals surface area contributed by atoms with Gasteiger partial charge in [-0.05, 0) is 74.6 Å². The number of methoxy groups -OCH3 is 2. The standard InChI is InChI=1S/C27H35NO6/c1-17(2)24-22-10-9-21(15-18(22)12-13-28(24)26(30)34-27(3,4)5)33-16-20-14-19(25(29)32-7)8-11-23(20)31-6/h8-11,14-15,17,24H,12-13,16H2,1-7H3. The Balaban J connectivity index is 1.80. The molecule has 7 nitrogen and oxygen atoms in total. The van der Waals surface area contributed by atoms with Crippen LogP contribution in [0.2, 0.25) is 0 Å². The molecule has 3 rings (SSSR count). The number of rotatable bonds is 6. The smallest absolute Gasteiger partial charge is 0.410 e. The highest BCUT2D eigenvalue weighted by Gasteiger charge is 2.35. The zero-order chi connectivity index (χ0) is 25.0. The Labute approximate surface area is 201 Å². The third-order valence-electron chi connectivity index (χ3n) is 5.75. The Bertz CT molecular complexity index is 1040. The molecule has 0 bridgehead atoms. The summed E-state index contributed by atoms with van der Waals surface area (Å²) in [7, 11) is 2.93. The number of ether oxygens (including phenoxy) is 4. The lowest BCUT2D eigenvalue weighted by Gasteiger charge is -2.40. The molecule has 1 aliphatic rings. The van der Waals surface area contributed by atoms with Crippen LogP contribution in [0.25, 0.3) is 0 Å². The van der Waals surface area contributed by atoms with E-state index in [1.165, 1.54) is 7.11 Å². The third-order valence-corrected chi connectivity index (χ3v) is 5.75. The number of carbonyl (C=O) groups excluding carboxylic acids is 2. The number of amides is 1. The van der Waals surface area contributed by atoms with Crippen molar-refractivity contribution >= 4 is 12.1 Å². The van der Waals surface area contributed by atoms with Gasteiger partial charge in [0.05, 0.1) is 25.8 Å². The van der Waals surface area contributed by atoms with E-state index in [1.54, 1.807) is 25.3 Å². The Hall–Kier alpha value is -3.22. The summed E-state index contributed by atoms with van der Waals surface area (Å²) in [5.74, 6) is 1.17. The molecule has 7 heteroatoms. The van der Waals surface area contributed by atoms with Crippen LogP contribution < -0.4 is 9.47 Å². The van der Waals surface area contributed by atoms with Crippen LogP contribution in [0.5, 0.6) is 11.5 Å². The molecule has 0 spiro atoms. The number of esters is 1. The van der Waals surface area contributed by atoms with E-state index in [1.807, 2.05) is 43.9 Å². The van der Waals surface area contributed by atoms with Crippen molar-refractivity contribution in [2.24, 2.45) is 5.92 Å². The second-order valence-electron chi connectivity index (χ2n) is 9.78. The molecular weight excluding hydrogens is 434 g/mol. The van der Waals surface area contributed by atoms with Gasteiger partial charge in [-0.25, -0.2) is 9.59 Å². The Kier molecular flexibility index (Phi) is 7.75. The van der Waals surface area contributed by atoms with Crippen LogP contribution in [-0.4, -0.2) is 43.3 Å². The van der Waals surface area contributed by atoms with Crippen LogP contribution in [0, 0.1) is 5.92 Å². The van der Waals surface area contributed by atoms with E-state index >= 15 is 0 Å². The first-order chi connectivity index (χ1) is 16.0. The van der Waals surface area contributed by atoms with Crippen LogP contribution in [0.15, 0.2) is 36.4 Å². The van der Waals surface area contributed by atoms with E-state index in [-0.39, 0.29) is 24.7 Å². The minimum Gasteiger partial charge on any atom is -0.496 e. The molecule has 0 aromatic heterocycles. The molecule has 0 N–H and O–H groups in total. The van der Waals surface area contributed by atoms with E-state index in [2.05, 4.69) is 13.8 Å². The summed E-state index contributed by atoms with van der Waals surface area (Å²) in [6.45, 7) is 10.7. The van der Waals surface area contributed by atoms with Crippen molar-refractivity contribution in [3.05, 3.63) is 58.7 Å². The lowest BCUT2D eigenvalue weighted by molar-refractivity contribution is 0.00875. The zero-order valence-corrected chi connectivity index (χ0v) is 21.1. The second kappa shape index (κ2) is 10.4. The van der Waals surface area contributed by atoms with Gasteiger partial charge in [0, 0.05) is 12.1 Å². The molecule has 0 radical (unpaired) electrons. The van der Waals surface area contributed by atoms with Crippen LogP contribution in [0.3, 0.4) is 0 Å². The van der Waals surface area contributed by atoms with Crippen LogP contribution in [-0.2, 0) is 22.5 Å². The van der Waals surface area contributed by atoms with Gasteiger partial charge in [-0.15, -0.1) is 0 Å².